The van der Waals surface area contributed by atoms with Crippen molar-refractivity contribution >= 4 is 21.6 Å². The summed E-state index contributed by atoms with van der Waals surface area (Å²) in [5.74, 6) is 1.35. The molecule has 0 radical (unpaired) electrons. The second-order valence-electron chi connectivity index (χ2n) is 3.78. The molecule has 1 aromatic heterocycles. The van der Waals surface area contributed by atoms with Gasteiger partial charge < -0.3 is 9.64 Å². The molecule has 4 heteroatoms. The van der Waals surface area contributed by atoms with Gasteiger partial charge in [0.05, 0.1) is 4.47 Å². The van der Waals surface area contributed by atoms with Gasteiger partial charge in [-0.1, -0.05) is 6.07 Å². The summed E-state index contributed by atoms with van der Waals surface area (Å²) in [7, 11) is 3.99. The van der Waals surface area contributed by atoms with Gasteiger partial charge in [-0.2, -0.15) is 0 Å². The molecule has 88 valence electrons. The summed E-state index contributed by atoms with van der Waals surface area (Å²) >= 11 is 3.40. The van der Waals surface area contributed by atoms with Gasteiger partial charge in [0.2, 0.25) is 5.88 Å². The predicted molar refractivity (Wildman–Crippen MR) is 72.8 cm³/mol. The van der Waals surface area contributed by atoms with Crippen molar-refractivity contribution in [1.82, 2.24) is 4.98 Å². The van der Waals surface area contributed by atoms with E-state index in [-0.39, 0.29) is 0 Å². The molecule has 2 aromatic rings. The van der Waals surface area contributed by atoms with E-state index < -0.39 is 0 Å². The molecule has 0 bridgehead atoms. The molecule has 0 aliphatic rings. The molecular formula is C13H13BrN2O. The number of pyridine rings is 1. The van der Waals surface area contributed by atoms with Gasteiger partial charge in [0.1, 0.15) is 5.75 Å². The summed E-state index contributed by atoms with van der Waals surface area (Å²) < 4.78 is 6.56. The van der Waals surface area contributed by atoms with Crippen LogP contribution in [-0.4, -0.2) is 19.1 Å². The third-order valence-electron chi connectivity index (χ3n) is 2.27. The van der Waals surface area contributed by atoms with E-state index in [2.05, 4.69) is 20.9 Å². The Kier molecular flexibility index (Phi) is 3.64. The lowest BCUT2D eigenvalue weighted by atomic mass is 10.3. The molecule has 1 aromatic carbocycles. The van der Waals surface area contributed by atoms with Crippen molar-refractivity contribution in [2.75, 3.05) is 19.0 Å². The molecule has 0 aliphatic carbocycles. The van der Waals surface area contributed by atoms with Gasteiger partial charge in [-0.3, -0.25) is 0 Å². The van der Waals surface area contributed by atoms with Gasteiger partial charge in [-0.05, 0) is 40.2 Å². The van der Waals surface area contributed by atoms with Crippen LogP contribution in [-0.2, 0) is 0 Å². The fourth-order valence-electron chi connectivity index (χ4n) is 1.38. The molecule has 0 saturated heterocycles. The Morgan fingerprint density at radius 2 is 2.00 bits per heavy atom. The molecule has 0 fully saturated rings. The fraction of sp³-hybridized carbons (Fsp3) is 0.154. The quantitative estimate of drug-likeness (QED) is 0.862. The number of aromatic nitrogens is 1. The normalized spacial score (nSPS) is 10.1. The minimum atomic E-state index is 0.573. The Morgan fingerprint density at radius 3 is 2.71 bits per heavy atom. The van der Waals surface area contributed by atoms with Crippen LogP contribution in [0.4, 0.5) is 5.69 Å². The minimum absolute atomic E-state index is 0.573. The number of anilines is 1. The average Bonchev–Trinajstić information content (AvgIpc) is 2.32. The van der Waals surface area contributed by atoms with Crippen LogP contribution >= 0.6 is 15.9 Å². The molecule has 0 saturated carbocycles. The number of rotatable bonds is 3. The average molecular weight is 293 g/mol. The zero-order valence-electron chi connectivity index (χ0n) is 9.72. The van der Waals surface area contributed by atoms with Crippen LogP contribution in [0, 0.1) is 0 Å². The fourth-order valence-corrected chi connectivity index (χ4v) is 1.72. The smallest absolute Gasteiger partial charge is 0.233 e. The van der Waals surface area contributed by atoms with Crippen molar-refractivity contribution in [3.63, 3.8) is 0 Å². The van der Waals surface area contributed by atoms with Crippen LogP contribution < -0.4 is 9.64 Å². The molecule has 0 unspecified atom stereocenters. The number of benzene rings is 1. The Hall–Kier alpha value is -1.55. The number of hydrogen-bond donors (Lipinski definition) is 0. The first-order chi connectivity index (χ1) is 8.16. The molecule has 0 spiro atoms. The van der Waals surface area contributed by atoms with E-state index in [9.17, 15) is 0 Å². The maximum Gasteiger partial charge on any atom is 0.233 e. The number of nitrogens with zero attached hydrogens (tertiary/aromatic N) is 2. The van der Waals surface area contributed by atoms with Crippen molar-refractivity contribution in [3.8, 4) is 11.6 Å². The molecule has 0 amide bonds. The van der Waals surface area contributed by atoms with Crippen molar-refractivity contribution in [1.29, 1.82) is 0 Å². The van der Waals surface area contributed by atoms with E-state index in [1.807, 2.05) is 55.4 Å². The lowest BCUT2D eigenvalue weighted by Crippen LogP contribution is -2.08. The molecular weight excluding hydrogens is 280 g/mol. The highest BCUT2D eigenvalue weighted by Crippen LogP contribution is 2.28. The van der Waals surface area contributed by atoms with Gasteiger partial charge in [0, 0.05) is 32.0 Å². The zero-order chi connectivity index (χ0) is 12.3. The van der Waals surface area contributed by atoms with Crippen molar-refractivity contribution in [2.45, 2.75) is 0 Å². The van der Waals surface area contributed by atoms with Gasteiger partial charge in [0.15, 0.2) is 0 Å². The van der Waals surface area contributed by atoms with E-state index >= 15 is 0 Å². The highest BCUT2D eigenvalue weighted by atomic mass is 79.9. The van der Waals surface area contributed by atoms with Crippen molar-refractivity contribution < 1.29 is 4.74 Å². The Balaban J connectivity index is 2.25. The molecule has 1 heterocycles. The number of halogens is 1. The Morgan fingerprint density at radius 1 is 1.18 bits per heavy atom. The van der Waals surface area contributed by atoms with Crippen LogP contribution in [0.5, 0.6) is 11.6 Å². The summed E-state index contributed by atoms with van der Waals surface area (Å²) in [5, 5.41) is 0. The largest absolute Gasteiger partial charge is 0.438 e. The number of ether oxygens (including phenoxy) is 1. The highest BCUT2D eigenvalue weighted by molar-refractivity contribution is 9.10. The summed E-state index contributed by atoms with van der Waals surface area (Å²) in [6.45, 7) is 0. The predicted octanol–water partition coefficient (Wildman–Crippen LogP) is 3.70. The van der Waals surface area contributed by atoms with E-state index in [1.165, 1.54) is 0 Å². The first kappa shape index (κ1) is 11.9. The second-order valence-corrected chi connectivity index (χ2v) is 4.64. The summed E-state index contributed by atoms with van der Waals surface area (Å²) in [4.78, 5) is 6.19. The van der Waals surface area contributed by atoms with Crippen molar-refractivity contribution in [2.24, 2.45) is 0 Å². The van der Waals surface area contributed by atoms with Gasteiger partial charge >= 0.3 is 0 Å². The zero-order valence-corrected chi connectivity index (χ0v) is 11.3. The minimum Gasteiger partial charge on any atom is -0.438 e. The summed E-state index contributed by atoms with van der Waals surface area (Å²) in [6.07, 6.45) is 1.70. The van der Waals surface area contributed by atoms with E-state index in [0.717, 1.165) is 15.9 Å². The van der Waals surface area contributed by atoms with Crippen LogP contribution in [0.3, 0.4) is 0 Å². The van der Waals surface area contributed by atoms with Crippen LogP contribution in [0.2, 0.25) is 0 Å². The van der Waals surface area contributed by atoms with E-state index in [1.54, 1.807) is 6.20 Å². The third-order valence-corrected chi connectivity index (χ3v) is 2.88. The van der Waals surface area contributed by atoms with E-state index in [4.69, 9.17) is 4.74 Å². The monoisotopic (exact) mass is 292 g/mol. The molecule has 0 atom stereocenters. The second kappa shape index (κ2) is 5.19. The van der Waals surface area contributed by atoms with Crippen LogP contribution in [0.25, 0.3) is 0 Å². The lowest BCUT2D eigenvalue weighted by molar-refractivity contribution is 0.460. The van der Waals surface area contributed by atoms with Crippen LogP contribution in [0.15, 0.2) is 47.1 Å². The Labute approximate surface area is 109 Å². The lowest BCUT2D eigenvalue weighted by Gasteiger charge is -2.13. The van der Waals surface area contributed by atoms with Gasteiger partial charge in [-0.15, -0.1) is 0 Å². The maximum atomic E-state index is 5.72. The third kappa shape index (κ3) is 2.97. The summed E-state index contributed by atoms with van der Waals surface area (Å²) in [5.41, 5.74) is 1.09. The van der Waals surface area contributed by atoms with Crippen LogP contribution in [0.1, 0.15) is 0 Å². The molecule has 0 aliphatic heterocycles. The number of hydrogen-bond acceptors (Lipinski definition) is 3. The summed E-state index contributed by atoms with van der Waals surface area (Å²) in [6, 6.07) is 11.6. The molecule has 0 N–H and O–H groups in total. The molecule has 2 rings (SSSR count). The molecule has 3 nitrogen and oxygen atoms in total. The van der Waals surface area contributed by atoms with E-state index in [0.29, 0.717) is 5.88 Å². The maximum absolute atomic E-state index is 5.72. The highest BCUT2D eigenvalue weighted by Gasteiger charge is 2.04. The van der Waals surface area contributed by atoms with Crippen molar-refractivity contribution in [3.05, 3.63) is 47.1 Å². The van der Waals surface area contributed by atoms with Gasteiger partial charge in [0.25, 0.3) is 0 Å². The Bertz CT molecular complexity index is 514. The SMILES string of the molecule is CN(C)c1cccc(Oc2ncccc2Br)c1. The van der Waals surface area contributed by atoms with Gasteiger partial charge in [-0.25, -0.2) is 4.98 Å². The molecule has 17 heavy (non-hydrogen) atoms. The first-order valence-corrected chi connectivity index (χ1v) is 6.02. The topological polar surface area (TPSA) is 25.4 Å². The standard InChI is InChI=1S/C13H13BrN2O/c1-16(2)10-5-3-6-11(9-10)17-13-12(14)7-4-8-15-13/h3-9H,1-2H3. The first-order valence-electron chi connectivity index (χ1n) is 5.22.